The Morgan fingerprint density at radius 2 is 2.00 bits per heavy atom. The van der Waals surface area contributed by atoms with Crippen molar-refractivity contribution in [1.29, 1.82) is 0 Å². The van der Waals surface area contributed by atoms with Gasteiger partial charge in [0.2, 0.25) is 5.91 Å². The fourth-order valence-corrected chi connectivity index (χ4v) is 4.14. The summed E-state index contributed by atoms with van der Waals surface area (Å²) in [5.41, 5.74) is 2.39. The highest BCUT2D eigenvalue weighted by Gasteiger charge is 2.47. The lowest BCUT2D eigenvalue weighted by Gasteiger charge is -2.43. The lowest BCUT2D eigenvalue weighted by molar-refractivity contribution is -0.202. The molecule has 1 aromatic carbocycles. The summed E-state index contributed by atoms with van der Waals surface area (Å²) in [7, 11) is 1.61. The number of nitrogens with zero attached hydrogens (tertiary/aromatic N) is 2. The van der Waals surface area contributed by atoms with Crippen molar-refractivity contribution >= 4 is 16.8 Å². The SMILES string of the molecule is CON1C(=O)CCC12CCN(Cc1cc3ccccc3[nH]1)CC2. The quantitative estimate of drug-likeness (QED) is 0.948. The number of aromatic amines is 1. The Balaban J connectivity index is 1.42. The number of H-pyrrole nitrogens is 1. The Kier molecular flexibility index (Phi) is 3.62. The average molecular weight is 313 g/mol. The molecule has 1 N–H and O–H groups in total. The number of aromatic nitrogens is 1. The molecule has 1 spiro atoms. The molecule has 0 bridgehead atoms. The molecule has 122 valence electrons. The van der Waals surface area contributed by atoms with Crippen molar-refractivity contribution in [2.75, 3.05) is 20.2 Å². The molecule has 0 atom stereocenters. The summed E-state index contributed by atoms with van der Waals surface area (Å²) in [5.74, 6) is 0.136. The van der Waals surface area contributed by atoms with Crippen molar-refractivity contribution in [2.45, 2.75) is 37.8 Å². The molecule has 2 fully saturated rings. The van der Waals surface area contributed by atoms with E-state index in [2.05, 4.69) is 40.2 Å². The van der Waals surface area contributed by atoms with E-state index in [4.69, 9.17) is 4.84 Å². The van der Waals surface area contributed by atoms with E-state index in [0.29, 0.717) is 6.42 Å². The van der Waals surface area contributed by atoms with E-state index in [-0.39, 0.29) is 11.4 Å². The number of hydroxylamine groups is 2. The third-order valence-corrected chi connectivity index (χ3v) is 5.41. The molecule has 4 rings (SSSR count). The lowest BCUT2D eigenvalue weighted by Crippen LogP contribution is -2.52. The maximum Gasteiger partial charge on any atom is 0.246 e. The van der Waals surface area contributed by atoms with E-state index in [1.807, 2.05) is 0 Å². The predicted molar refractivity (Wildman–Crippen MR) is 88.6 cm³/mol. The molecule has 3 heterocycles. The summed E-state index contributed by atoms with van der Waals surface area (Å²) in [6, 6.07) is 10.6. The van der Waals surface area contributed by atoms with Crippen molar-refractivity contribution in [3.63, 3.8) is 0 Å². The van der Waals surface area contributed by atoms with Crippen molar-refractivity contribution in [3.8, 4) is 0 Å². The summed E-state index contributed by atoms with van der Waals surface area (Å²) < 4.78 is 0. The molecule has 5 heteroatoms. The van der Waals surface area contributed by atoms with Gasteiger partial charge in [0.15, 0.2) is 0 Å². The fraction of sp³-hybridized carbons (Fsp3) is 0.500. The molecular weight excluding hydrogens is 290 g/mol. The third-order valence-electron chi connectivity index (χ3n) is 5.41. The number of carbonyl (C=O) groups is 1. The highest BCUT2D eigenvalue weighted by Crippen LogP contribution is 2.39. The minimum atomic E-state index is -0.0667. The molecule has 0 saturated carbocycles. The normalized spacial score (nSPS) is 21.6. The third kappa shape index (κ3) is 2.54. The summed E-state index contributed by atoms with van der Waals surface area (Å²) in [6.45, 7) is 2.94. The number of piperidine rings is 1. The van der Waals surface area contributed by atoms with Crippen LogP contribution in [0.2, 0.25) is 0 Å². The molecule has 2 saturated heterocycles. The Hall–Kier alpha value is -1.85. The van der Waals surface area contributed by atoms with E-state index in [1.165, 1.54) is 16.6 Å². The van der Waals surface area contributed by atoms with Crippen molar-refractivity contribution in [3.05, 3.63) is 36.0 Å². The van der Waals surface area contributed by atoms with Gasteiger partial charge in [0.05, 0.1) is 12.6 Å². The van der Waals surface area contributed by atoms with E-state index >= 15 is 0 Å². The molecule has 2 aromatic rings. The molecule has 0 radical (unpaired) electrons. The maximum atomic E-state index is 11.9. The second kappa shape index (κ2) is 5.65. The number of hydrogen-bond donors (Lipinski definition) is 1. The number of benzene rings is 1. The van der Waals surface area contributed by atoms with Crippen LogP contribution in [0.5, 0.6) is 0 Å². The van der Waals surface area contributed by atoms with Gasteiger partial charge in [-0.15, -0.1) is 0 Å². The largest absolute Gasteiger partial charge is 0.357 e. The molecule has 2 aliphatic heterocycles. The van der Waals surface area contributed by atoms with Gasteiger partial charge >= 0.3 is 0 Å². The molecule has 0 unspecified atom stereocenters. The number of nitrogens with one attached hydrogen (secondary N) is 1. The highest BCUT2D eigenvalue weighted by atomic mass is 16.7. The van der Waals surface area contributed by atoms with Crippen LogP contribution in [0, 0.1) is 0 Å². The fourth-order valence-electron chi connectivity index (χ4n) is 4.14. The Morgan fingerprint density at radius 1 is 1.22 bits per heavy atom. The first-order chi connectivity index (χ1) is 11.2. The van der Waals surface area contributed by atoms with Gasteiger partial charge in [-0.3, -0.25) is 14.5 Å². The van der Waals surface area contributed by atoms with Gasteiger partial charge in [0.1, 0.15) is 0 Å². The van der Waals surface area contributed by atoms with Gasteiger partial charge in [-0.1, -0.05) is 18.2 Å². The Labute approximate surface area is 136 Å². The predicted octanol–water partition coefficient (Wildman–Crippen LogP) is 2.69. The van der Waals surface area contributed by atoms with Crippen LogP contribution in [0.4, 0.5) is 0 Å². The number of likely N-dealkylation sites (tertiary alicyclic amines) is 1. The summed E-state index contributed by atoms with van der Waals surface area (Å²) in [5, 5.41) is 2.91. The van der Waals surface area contributed by atoms with Crippen LogP contribution in [0.25, 0.3) is 10.9 Å². The van der Waals surface area contributed by atoms with E-state index in [1.54, 1.807) is 12.2 Å². The molecule has 0 aliphatic carbocycles. The van der Waals surface area contributed by atoms with E-state index in [0.717, 1.165) is 38.9 Å². The zero-order valence-electron chi connectivity index (χ0n) is 13.5. The monoisotopic (exact) mass is 313 g/mol. The first-order valence-electron chi connectivity index (χ1n) is 8.36. The van der Waals surface area contributed by atoms with Crippen LogP contribution in [0.3, 0.4) is 0 Å². The summed E-state index contributed by atoms with van der Waals surface area (Å²) >= 11 is 0. The van der Waals surface area contributed by atoms with Crippen molar-refractivity contribution < 1.29 is 9.63 Å². The van der Waals surface area contributed by atoms with Gasteiger partial charge < -0.3 is 4.98 Å². The van der Waals surface area contributed by atoms with Crippen LogP contribution in [-0.2, 0) is 16.2 Å². The lowest BCUT2D eigenvalue weighted by atomic mass is 9.86. The van der Waals surface area contributed by atoms with Gasteiger partial charge in [-0.25, -0.2) is 5.06 Å². The van der Waals surface area contributed by atoms with Crippen molar-refractivity contribution in [1.82, 2.24) is 14.9 Å². The molecule has 1 amide bonds. The molecule has 1 aromatic heterocycles. The summed E-state index contributed by atoms with van der Waals surface area (Å²) in [4.78, 5) is 23.3. The van der Waals surface area contributed by atoms with E-state index < -0.39 is 0 Å². The topological polar surface area (TPSA) is 48.6 Å². The minimum absolute atomic E-state index is 0.0667. The molecule has 23 heavy (non-hydrogen) atoms. The highest BCUT2D eigenvalue weighted by molar-refractivity contribution is 5.80. The Morgan fingerprint density at radius 3 is 2.74 bits per heavy atom. The zero-order chi connectivity index (χ0) is 15.9. The number of carbonyl (C=O) groups excluding carboxylic acids is 1. The smallest absolute Gasteiger partial charge is 0.246 e. The minimum Gasteiger partial charge on any atom is -0.357 e. The Bertz CT molecular complexity index is 683. The van der Waals surface area contributed by atoms with Crippen molar-refractivity contribution in [2.24, 2.45) is 0 Å². The second-order valence-electron chi connectivity index (χ2n) is 6.75. The van der Waals surface area contributed by atoms with Crippen LogP contribution < -0.4 is 0 Å². The average Bonchev–Trinajstić information content (AvgIpc) is 3.10. The molecule has 5 nitrogen and oxygen atoms in total. The van der Waals surface area contributed by atoms with E-state index in [9.17, 15) is 4.79 Å². The van der Waals surface area contributed by atoms with Gasteiger partial charge in [-0.2, -0.15) is 0 Å². The number of amides is 1. The molecular formula is C18H23N3O2. The standard InChI is InChI=1S/C18H23N3O2/c1-23-21-17(22)6-7-18(21)8-10-20(11-9-18)13-15-12-14-4-2-3-5-16(14)19-15/h2-5,12,19H,6-11,13H2,1H3. The molecule has 2 aliphatic rings. The first-order valence-corrected chi connectivity index (χ1v) is 8.36. The van der Waals surface area contributed by atoms with Gasteiger partial charge in [-0.05, 0) is 36.8 Å². The van der Waals surface area contributed by atoms with Crippen LogP contribution in [-0.4, -0.2) is 46.6 Å². The number of hydrogen-bond acceptors (Lipinski definition) is 3. The number of fused-ring (bicyclic) bond motifs is 1. The number of para-hydroxylation sites is 1. The zero-order valence-corrected chi connectivity index (χ0v) is 13.5. The van der Waals surface area contributed by atoms with Crippen LogP contribution in [0.15, 0.2) is 30.3 Å². The van der Waals surface area contributed by atoms with Crippen LogP contribution in [0.1, 0.15) is 31.4 Å². The maximum absolute atomic E-state index is 11.9. The second-order valence-corrected chi connectivity index (χ2v) is 6.75. The van der Waals surface area contributed by atoms with Gasteiger partial charge in [0.25, 0.3) is 0 Å². The van der Waals surface area contributed by atoms with Gasteiger partial charge in [0, 0.05) is 37.3 Å². The summed E-state index contributed by atoms with van der Waals surface area (Å²) in [6.07, 6.45) is 3.54. The number of rotatable bonds is 3. The first kappa shape index (κ1) is 14.7. The van der Waals surface area contributed by atoms with Crippen LogP contribution >= 0.6 is 0 Å².